The molecule has 1 atom stereocenters. The van der Waals surface area contributed by atoms with Gasteiger partial charge in [-0.1, -0.05) is 111 Å². The van der Waals surface area contributed by atoms with Gasteiger partial charge in [-0.05, 0) is 55.0 Å². The molecule has 1 unspecified atom stereocenters. The van der Waals surface area contributed by atoms with Crippen LogP contribution in [-0.4, -0.2) is 0 Å². The highest BCUT2D eigenvalue weighted by molar-refractivity contribution is 5.70. The van der Waals surface area contributed by atoms with Crippen molar-refractivity contribution in [1.29, 1.82) is 0 Å². The summed E-state index contributed by atoms with van der Waals surface area (Å²) in [6.45, 7) is 12.4. The Bertz CT molecular complexity index is 772. The van der Waals surface area contributed by atoms with Crippen LogP contribution in [0.2, 0.25) is 0 Å². The molecule has 0 saturated carbocycles. The van der Waals surface area contributed by atoms with Crippen LogP contribution in [0, 0.1) is 12.8 Å². The molecule has 0 radical (unpaired) electrons. The average molecular weight is 359 g/mol. The van der Waals surface area contributed by atoms with Gasteiger partial charge in [0.25, 0.3) is 0 Å². The molecule has 0 aliphatic heterocycles. The summed E-state index contributed by atoms with van der Waals surface area (Å²) in [7, 11) is 0. The minimum absolute atomic E-state index is 0.457. The molecule has 0 saturated heterocycles. The molecule has 1 aromatic rings. The molecule has 0 spiro atoms. The first-order valence-corrected chi connectivity index (χ1v) is 9.95. The molecule has 1 aliphatic carbocycles. The number of rotatable bonds is 5. The molecular weight excluding hydrogens is 324 g/mol. The number of benzene rings is 1. The van der Waals surface area contributed by atoms with E-state index in [9.17, 15) is 0 Å². The third kappa shape index (κ3) is 7.66. The fourth-order valence-electron chi connectivity index (χ4n) is 2.67. The minimum atomic E-state index is 0.457. The fourth-order valence-corrected chi connectivity index (χ4v) is 2.67. The molecule has 0 heterocycles. The Labute approximate surface area is 166 Å². The Hall–Kier alpha value is -2.60. The predicted molar refractivity (Wildman–Crippen MR) is 124 cm³/mol. The van der Waals surface area contributed by atoms with Crippen molar-refractivity contribution in [2.24, 2.45) is 5.92 Å². The summed E-state index contributed by atoms with van der Waals surface area (Å²) in [5.74, 6) is 0.457. The smallest absolute Gasteiger partial charge is 0.00754 e. The third-order valence-corrected chi connectivity index (χ3v) is 4.09. The van der Waals surface area contributed by atoms with Crippen molar-refractivity contribution in [1.82, 2.24) is 0 Å². The number of allylic oxidation sites excluding steroid dienone is 13. The summed E-state index contributed by atoms with van der Waals surface area (Å²) in [5.41, 5.74) is 6.17. The van der Waals surface area contributed by atoms with E-state index in [1.54, 1.807) is 0 Å². The molecular formula is C27H34. The number of aryl methyl sites for hydroxylation is 1. The van der Waals surface area contributed by atoms with Gasteiger partial charge in [0, 0.05) is 0 Å². The molecule has 0 heteroatoms. The van der Waals surface area contributed by atoms with Crippen molar-refractivity contribution in [3.05, 3.63) is 113 Å². The second kappa shape index (κ2) is 12.7. The molecule has 142 valence electrons. The molecule has 1 aliphatic rings. The zero-order valence-corrected chi connectivity index (χ0v) is 17.7. The first-order chi connectivity index (χ1) is 13.1. The van der Waals surface area contributed by atoms with Crippen LogP contribution in [0.4, 0.5) is 0 Å². The maximum absolute atomic E-state index is 2.27. The van der Waals surface area contributed by atoms with Gasteiger partial charge >= 0.3 is 0 Å². The Morgan fingerprint density at radius 2 is 1.67 bits per heavy atom. The van der Waals surface area contributed by atoms with Gasteiger partial charge in [0.2, 0.25) is 0 Å². The van der Waals surface area contributed by atoms with Gasteiger partial charge in [-0.25, -0.2) is 0 Å². The van der Waals surface area contributed by atoms with Gasteiger partial charge in [-0.2, -0.15) is 0 Å². The van der Waals surface area contributed by atoms with Gasteiger partial charge in [-0.15, -0.1) is 0 Å². The lowest BCUT2D eigenvalue weighted by Gasteiger charge is -2.11. The second-order valence-electron chi connectivity index (χ2n) is 6.34. The maximum Gasteiger partial charge on any atom is -0.00754 e. The van der Waals surface area contributed by atoms with E-state index in [2.05, 4.69) is 112 Å². The predicted octanol–water partition coefficient (Wildman–Crippen LogP) is 8.17. The van der Waals surface area contributed by atoms with Crippen molar-refractivity contribution in [2.45, 2.75) is 41.5 Å². The first kappa shape index (κ1) is 22.4. The van der Waals surface area contributed by atoms with Crippen molar-refractivity contribution < 1.29 is 0 Å². The maximum atomic E-state index is 2.27. The van der Waals surface area contributed by atoms with E-state index in [0.717, 1.165) is 0 Å². The quantitative estimate of drug-likeness (QED) is 0.466. The van der Waals surface area contributed by atoms with Crippen LogP contribution in [-0.2, 0) is 0 Å². The standard InChI is InChI=1S/C25H28.C2H6/c1-5-7-11-23(9-6-2)25(19-22-16-13-21(4)14-17-22)24-12-8-10-20(3)15-18-24;1-2/h5-20H,1-4H3;1-2H3/b7-5-,9-6-,23-11+,25-19-;. The molecule has 0 N–H and O–H groups in total. The van der Waals surface area contributed by atoms with E-state index in [1.165, 1.54) is 27.8 Å². The van der Waals surface area contributed by atoms with E-state index >= 15 is 0 Å². The van der Waals surface area contributed by atoms with Crippen molar-refractivity contribution in [3.63, 3.8) is 0 Å². The van der Waals surface area contributed by atoms with Gasteiger partial charge in [0.1, 0.15) is 0 Å². The summed E-state index contributed by atoms with van der Waals surface area (Å²) in [4.78, 5) is 0. The van der Waals surface area contributed by atoms with E-state index < -0.39 is 0 Å². The Morgan fingerprint density at radius 3 is 2.30 bits per heavy atom. The lowest BCUT2D eigenvalue weighted by atomic mass is 9.93. The SMILES string of the molecule is CC.C\C=C/C=C(\C=C/C)C(=C/c1ccc(C)cc1)/C1=CC=CC(C)C=C1. The minimum Gasteiger partial charge on any atom is -0.0876 e. The Kier molecular flexibility index (Phi) is 10.6. The monoisotopic (exact) mass is 358 g/mol. The first-order valence-electron chi connectivity index (χ1n) is 9.95. The molecule has 0 amide bonds. The highest BCUT2D eigenvalue weighted by atomic mass is 14.1. The van der Waals surface area contributed by atoms with Crippen LogP contribution in [0.5, 0.6) is 0 Å². The van der Waals surface area contributed by atoms with Gasteiger partial charge < -0.3 is 0 Å². The zero-order chi connectivity index (χ0) is 20.1. The van der Waals surface area contributed by atoms with Crippen LogP contribution >= 0.6 is 0 Å². The van der Waals surface area contributed by atoms with E-state index in [4.69, 9.17) is 0 Å². The van der Waals surface area contributed by atoms with Crippen LogP contribution in [0.25, 0.3) is 6.08 Å². The molecule has 1 aromatic carbocycles. The molecule has 0 aromatic heterocycles. The lowest BCUT2D eigenvalue weighted by Crippen LogP contribution is -1.92. The van der Waals surface area contributed by atoms with Crippen LogP contribution < -0.4 is 0 Å². The number of hydrogen-bond donors (Lipinski definition) is 0. The normalized spacial score (nSPS) is 17.7. The summed E-state index contributed by atoms with van der Waals surface area (Å²) < 4.78 is 0. The van der Waals surface area contributed by atoms with Crippen LogP contribution in [0.15, 0.2) is 102 Å². The Balaban J connectivity index is 0.00000176. The summed E-state index contributed by atoms with van der Waals surface area (Å²) >= 11 is 0. The highest BCUT2D eigenvalue weighted by Crippen LogP contribution is 2.27. The van der Waals surface area contributed by atoms with Gasteiger partial charge in [0.05, 0.1) is 0 Å². The zero-order valence-electron chi connectivity index (χ0n) is 17.7. The average Bonchev–Trinajstić information content (AvgIpc) is 2.91. The molecule has 0 bridgehead atoms. The number of hydrogen-bond acceptors (Lipinski definition) is 0. The highest BCUT2D eigenvalue weighted by Gasteiger charge is 2.08. The lowest BCUT2D eigenvalue weighted by molar-refractivity contribution is 0.942. The third-order valence-electron chi connectivity index (χ3n) is 4.09. The Morgan fingerprint density at radius 1 is 0.963 bits per heavy atom. The van der Waals surface area contributed by atoms with E-state index in [1.807, 2.05) is 20.8 Å². The molecule has 0 fully saturated rings. The summed E-state index contributed by atoms with van der Waals surface area (Å²) in [6, 6.07) is 8.68. The summed E-state index contributed by atoms with van der Waals surface area (Å²) in [6.07, 6.45) is 23.9. The van der Waals surface area contributed by atoms with Gasteiger partial charge in [-0.3, -0.25) is 0 Å². The molecule has 27 heavy (non-hydrogen) atoms. The van der Waals surface area contributed by atoms with Crippen molar-refractivity contribution >= 4 is 6.08 Å². The summed E-state index contributed by atoms with van der Waals surface area (Å²) in [5, 5.41) is 0. The molecule has 0 nitrogen and oxygen atoms in total. The van der Waals surface area contributed by atoms with E-state index in [-0.39, 0.29) is 0 Å². The molecule has 2 rings (SSSR count). The topological polar surface area (TPSA) is 0 Å². The fraction of sp³-hybridized carbons (Fsp3) is 0.259. The van der Waals surface area contributed by atoms with E-state index in [0.29, 0.717) is 5.92 Å². The van der Waals surface area contributed by atoms with Crippen molar-refractivity contribution in [3.8, 4) is 0 Å². The van der Waals surface area contributed by atoms with Crippen LogP contribution in [0.1, 0.15) is 45.7 Å². The van der Waals surface area contributed by atoms with Gasteiger partial charge in [0.15, 0.2) is 0 Å². The van der Waals surface area contributed by atoms with Crippen LogP contribution in [0.3, 0.4) is 0 Å². The second-order valence-corrected chi connectivity index (χ2v) is 6.34. The largest absolute Gasteiger partial charge is 0.0876 e. The van der Waals surface area contributed by atoms with Crippen molar-refractivity contribution in [2.75, 3.05) is 0 Å².